The summed E-state index contributed by atoms with van der Waals surface area (Å²) >= 11 is 0. The highest BCUT2D eigenvalue weighted by atomic mass is 32.2. The molecular formula is C16H22N2O4S. The molecule has 1 N–H and O–H groups in total. The summed E-state index contributed by atoms with van der Waals surface area (Å²) in [6, 6.07) is 6.66. The van der Waals surface area contributed by atoms with E-state index >= 15 is 0 Å². The van der Waals surface area contributed by atoms with Crippen LogP contribution in [0.3, 0.4) is 0 Å². The van der Waals surface area contributed by atoms with Crippen molar-refractivity contribution in [3.05, 3.63) is 24.3 Å². The molecular weight excluding hydrogens is 316 g/mol. The van der Waals surface area contributed by atoms with Crippen LogP contribution in [0.4, 0.5) is 0 Å². The summed E-state index contributed by atoms with van der Waals surface area (Å²) < 4.78 is 32.0. The molecule has 0 unspecified atom stereocenters. The molecule has 0 radical (unpaired) electrons. The number of amides is 1. The maximum Gasteiger partial charge on any atom is 0.243 e. The van der Waals surface area contributed by atoms with Crippen molar-refractivity contribution in [3.63, 3.8) is 0 Å². The summed E-state index contributed by atoms with van der Waals surface area (Å²) in [5, 5.41) is 2.97. The lowest BCUT2D eigenvalue weighted by molar-refractivity contribution is -0.126. The molecule has 1 saturated heterocycles. The minimum Gasteiger partial charge on any atom is -0.497 e. The number of hydrogen-bond acceptors (Lipinski definition) is 4. The summed E-state index contributed by atoms with van der Waals surface area (Å²) in [5.41, 5.74) is 0. The van der Waals surface area contributed by atoms with Gasteiger partial charge in [-0.05, 0) is 49.9 Å². The molecule has 2 aliphatic rings. The van der Waals surface area contributed by atoms with Gasteiger partial charge in [-0.1, -0.05) is 0 Å². The fourth-order valence-electron chi connectivity index (χ4n) is 2.82. The van der Waals surface area contributed by atoms with Crippen LogP contribution in [0, 0.1) is 5.92 Å². The molecule has 1 saturated carbocycles. The van der Waals surface area contributed by atoms with E-state index in [0.29, 0.717) is 24.8 Å². The Morgan fingerprint density at radius 2 is 1.91 bits per heavy atom. The number of ether oxygens (including phenoxy) is 1. The molecule has 1 aliphatic heterocycles. The highest BCUT2D eigenvalue weighted by Crippen LogP contribution is 2.26. The van der Waals surface area contributed by atoms with E-state index in [9.17, 15) is 13.2 Å². The third-order valence-corrected chi connectivity index (χ3v) is 6.26. The maximum absolute atomic E-state index is 12.7. The van der Waals surface area contributed by atoms with Gasteiger partial charge in [-0.3, -0.25) is 4.79 Å². The number of sulfonamides is 1. The van der Waals surface area contributed by atoms with Crippen molar-refractivity contribution in [1.29, 1.82) is 0 Å². The zero-order chi connectivity index (χ0) is 16.4. The van der Waals surface area contributed by atoms with E-state index < -0.39 is 10.0 Å². The van der Waals surface area contributed by atoms with E-state index in [1.54, 1.807) is 24.3 Å². The fraction of sp³-hybridized carbons (Fsp3) is 0.562. The van der Waals surface area contributed by atoms with Crippen LogP contribution in [0.25, 0.3) is 0 Å². The van der Waals surface area contributed by atoms with E-state index in [1.807, 2.05) is 0 Å². The molecule has 0 aromatic heterocycles. The molecule has 0 spiro atoms. The van der Waals surface area contributed by atoms with Gasteiger partial charge in [0, 0.05) is 19.1 Å². The lowest BCUT2D eigenvalue weighted by Crippen LogP contribution is -2.45. The molecule has 6 nitrogen and oxygen atoms in total. The Morgan fingerprint density at radius 3 is 2.52 bits per heavy atom. The zero-order valence-electron chi connectivity index (χ0n) is 13.2. The molecule has 1 aliphatic carbocycles. The molecule has 1 aromatic carbocycles. The van der Waals surface area contributed by atoms with E-state index in [2.05, 4.69) is 5.32 Å². The third-order valence-electron chi connectivity index (χ3n) is 4.38. The Bertz CT molecular complexity index is 668. The number of rotatable bonds is 5. The first kappa shape index (κ1) is 16.3. The predicted molar refractivity (Wildman–Crippen MR) is 85.6 cm³/mol. The second-order valence-corrected chi connectivity index (χ2v) is 8.10. The van der Waals surface area contributed by atoms with Crippen LogP contribution in [-0.2, 0) is 14.8 Å². The Kier molecular flexibility index (Phi) is 4.59. The van der Waals surface area contributed by atoms with Crippen molar-refractivity contribution in [3.8, 4) is 5.75 Å². The number of methoxy groups -OCH3 is 1. The topological polar surface area (TPSA) is 75.7 Å². The molecule has 2 fully saturated rings. The van der Waals surface area contributed by atoms with Gasteiger partial charge in [-0.25, -0.2) is 8.42 Å². The monoisotopic (exact) mass is 338 g/mol. The second kappa shape index (κ2) is 6.49. The molecule has 23 heavy (non-hydrogen) atoms. The molecule has 1 aromatic rings. The summed E-state index contributed by atoms with van der Waals surface area (Å²) in [6.45, 7) is 0.717. The molecule has 0 bridgehead atoms. The summed E-state index contributed by atoms with van der Waals surface area (Å²) in [7, 11) is -2.03. The van der Waals surface area contributed by atoms with Gasteiger partial charge in [0.1, 0.15) is 5.75 Å². The highest BCUT2D eigenvalue weighted by Gasteiger charge is 2.35. The molecule has 1 amide bonds. The molecule has 3 rings (SSSR count). The van der Waals surface area contributed by atoms with Crippen molar-refractivity contribution in [2.45, 2.75) is 36.6 Å². The van der Waals surface area contributed by atoms with E-state index in [0.717, 1.165) is 19.3 Å². The Labute approximate surface area is 136 Å². The standard InChI is InChI=1S/C16H22N2O4S/c1-22-14-6-8-15(9-7-14)23(20,21)18-10-2-3-12(11-18)16(19)17-13-4-5-13/h6-9,12-13H,2-5,10-11H2,1H3,(H,17,19)/t12-/m0/s1. The molecule has 1 atom stereocenters. The van der Waals surface area contributed by atoms with Gasteiger partial charge in [0.05, 0.1) is 17.9 Å². The van der Waals surface area contributed by atoms with Crippen LogP contribution in [0.5, 0.6) is 5.75 Å². The average Bonchev–Trinajstić information content (AvgIpc) is 3.39. The first-order valence-electron chi connectivity index (χ1n) is 7.95. The largest absolute Gasteiger partial charge is 0.497 e. The van der Waals surface area contributed by atoms with Gasteiger partial charge >= 0.3 is 0 Å². The van der Waals surface area contributed by atoms with E-state index in [-0.39, 0.29) is 23.3 Å². The van der Waals surface area contributed by atoms with Crippen LogP contribution in [-0.4, -0.2) is 44.9 Å². The van der Waals surface area contributed by atoms with Gasteiger partial charge < -0.3 is 10.1 Å². The van der Waals surface area contributed by atoms with Gasteiger partial charge in [0.15, 0.2) is 0 Å². The van der Waals surface area contributed by atoms with Gasteiger partial charge in [-0.2, -0.15) is 4.31 Å². The van der Waals surface area contributed by atoms with Crippen molar-refractivity contribution < 1.29 is 17.9 Å². The van der Waals surface area contributed by atoms with Gasteiger partial charge in [-0.15, -0.1) is 0 Å². The number of benzene rings is 1. The molecule has 126 valence electrons. The van der Waals surface area contributed by atoms with Crippen molar-refractivity contribution >= 4 is 15.9 Å². The first-order chi connectivity index (χ1) is 11.0. The minimum absolute atomic E-state index is 0.0119. The Hall–Kier alpha value is -1.60. The van der Waals surface area contributed by atoms with Crippen LogP contribution >= 0.6 is 0 Å². The smallest absolute Gasteiger partial charge is 0.243 e. The predicted octanol–water partition coefficient (Wildman–Crippen LogP) is 1.37. The summed E-state index contributed by atoms with van der Waals surface area (Å²) in [6.07, 6.45) is 3.52. The van der Waals surface area contributed by atoms with Gasteiger partial charge in [0.2, 0.25) is 15.9 Å². The van der Waals surface area contributed by atoms with E-state index in [4.69, 9.17) is 4.74 Å². The molecule has 1 heterocycles. The molecule has 7 heteroatoms. The third kappa shape index (κ3) is 3.67. The summed E-state index contributed by atoms with van der Waals surface area (Å²) in [4.78, 5) is 12.4. The van der Waals surface area contributed by atoms with Crippen LogP contribution in [0.15, 0.2) is 29.2 Å². The zero-order valence-corrected chi connectivity index (χ0v) is 14.0. The SMILES string of the molecule is COc1ccc(S(=O)(=O)N2CCC[C@H](C(=O)NC3CC3)C2)cc1. The number of nitrogens with zero attached hydrogens (tertiary/aromatic N) is 1. The quantitative estimate of drug-likeness (QED) is 0.880. The Balaban J connectivity index is 1.71. The summed E-state index contributed by atoms with van der Waals surface area (Å²) in [5.74, 6) is 0.351. The van der Waals surface area contributed by atoms with Gasteiger partial charge in [0.25, 0.3) is 0 Å². The lowest BCUT2D eigenvalue weighted by atomic mass is 9.99. The Morgan fingerprint density at radius 1 is 1.22 bits per heavy atom. The average molecular weight is 338 g/mol. The van der Waals surface area contributed by atoms with E-state index in [1.165, 1.54) is 11.4 Å². The normalized spacial score (nSPS) is 22.6. The highest BCUT2D eigenvalue weighted by molar-refractivity contribution is 7.89. The fourth-order valence-corrected chi connectivity index (χ4v) is 4.34. The van der Waals surface area contributed by atoms with Crippen molar-refractivity contribution in [1.82, 2.24) is 9.62 Å². The number of nitrogens with one attached hydrogen (secondary N) is 1. The second-order valence-electron chi connectivity index (χ2n) is 6.16. The minimum atomic E-state index is -3.57. The lowest BCUT2D eigenvalue weighted by Gasteiger charge is -2.31. The number of hydrogen-bond donors (Lipinski definition) is 1. The van der Waals surface area contributed by atoms with Crippen LogP contribution in [0.1, 0.15) is 25.7 Å². The first-order valence-corrected chi connectivity index (χ1v) is 9.39. The van der Waals surface area contributed by atoms with Crippen molar-refractivity contribution in [2.75, 3.05) is 20.2 Å². The van der Waals surface area contributed by atoms with Crippen molar-refractivity contribution in [2.24, 2.45) is 5.92 Å². The van der Waals surface area contributed by atoms with Crippen LogP contribution in [0.2, 0.25) is 0 Å². The number of carbonyl (C=O) groups is 1. The maximum atomic E-state index is 12.7. The van der Waals surface area contributed by atoms with Crippen LogP contribution < -0.4 is 10.1 Å². The number of carbonyl (C=O) groups excluding carboxylic acids is 1. The number of piperidine rings is 1.